The van der Waals surface area contributed by atoms with E-state index in [1.807, 2.05) is 0 Å². The number of benzene rings is 3. The molecule has 2 unspecified atom stereocenters. The molecule has 0 bridgehead atoms. The third kappa shape index (κ3) is 4.70. The Morgan fingerprint density at radius 1 is 0.917 bits per heavy atom. The van der Waals surface area contributed by atoms with Crippen molar-refractivity contribution in [2.75, 3.05) is 7.11 Å². The van der Waals surface area contributed by atoms with Crippen molar-refractivity contribution in [1.29, 1.82) is 0 Å². The van der Waals surface area contributed by atoms with Crippen molar-refractivity contribution in [2.45, 2.75) is 25.2 Å². The standard InChI is InChI=1S/C28H24ClNO6/c1-16-25(23(28(34)35)15-21(27(32)33)17-6-4-3-5-7-17)22-14-20(36-2)12-13-24(22)30(16)26(31)18-8-10-19(29)11-9-18/h3-14,21,23H,15H2,1-2H3,(H,32,33)(H,34,35). The fraction of sp³-hybridized carbons (Fsp3) is 0.179. The lowest BCUT2D eigenvalue weighted by Gasteiger charge is -2.19. The van der Waals surface area contributed by atoms with Gasteiger partial charge in [0.05, 0.1) is 24.5 Å². The van der Waals surface area contributed by atoms with Gasteiger partial charge < -0.3 is 14.9 Å². The molecule has 7 nitrogen and oxygen atoms in total. The van der Waals surface area contributed by atoms with Crippen LogP contribution in [-0.4, -0.2) is 39.7 Å². The zero-order chi connectivity index (χ0) is 26.0. The summed E-state index contributed by atoms with van der Waals surface area (Å²) in [6, 6.07) is 20.0. The van der Waals surface area contributed by atoms with Crippen LogP contribution in [0.4, 0.5) is 0 Å². The average molecular weight is 506 g/mol. The summed E-state index contributed by atoms with van der Waals surface area (Å²) in [6.45, 7) is 1.67. The van der Waals surface area contributed by atoms with Gasteiger partial charge in [0.25, 0.3) is 5.91 Å². The highest BCUT2D eigenvalue weighted by molar-refractivity contribution is 6.30. The molecule has 0 aliphatic heterocycles. The molecule has 4 aromatic rings. The van der Waals surface area contributed by atoms with Gasteiger partial charge in [0.15, 0.2) is 0 Å². The van der Waals surface area contributed by atoms with E-state index in [0.29, 0.717) is 44.1 Å². The minimum absolute atomic E-state index is 0.193. The molecule has 184 valence electrons. The minimum Gasteiger partial charge on any atom is -0.497 e. The van der Waals surface area contributed by atoms with Gasteiger partial charge in [-0.25, -0.2) is 0 Å². The van der Waals surface area contributed by atoms with Crippen molar-refractivity contribution in [2.24, 2.45) is 0 Å². The molecule has 0 aliphatic rings. The Balaban J connectivity index is 1.91. The number of carbonyl (C=O) groups excluding carboxylic acids is 1. The number of fused-ring (bicyclic) bond motifs is 1. The van der Waals surface area contributed by atoms with Crippen LogP contribution in [0.3, 0.4) is 0 Å². The van der Waals surface area contributed by atoms with Crippen LogP contribution in [0.5, 0.6) is 5.75 Å². The number of aromatic nitrogens is 1. The maximum atomic E-state index is 13.6. The summed E-state index contributed by atoms with van der Waals surface area (Å²) in [5.74, 6) is -4.41. The molecular weight excluding hydrogens is 482 g/mol. The lowest BCUT2D eigenvalue weighted by Crippen LogP contribution is -2.21. The van der Waals surface area contributed by atoms with Gasteiger partial charge >= 0.3 is 11.9 Å². The molecule has 0 spiro atoms. The summed E-state index contributed by atoms with van der Waals surface area (Å²) in [5, 5.41) is 21.2. The van der Waals surface area contributed by atoms with Gasteiger partial charge in [-0.2, -0.15) is 0 Å². The maximum Gasteiger partial charge on any atom is 0.311 e. The van der Waals surface area contributed by atoms with Gasteiger partial charge in [0.2, 0.25) is 0 Å². The number of carboxylic acid groups (broad SMARTS) is 2. The van der Waals surface area contributed by atoms with Crippen molar-refractivity contribution in [3.63, 3.8) is 0 Å². The maximum absolute atomic E-state index is 13.6. The molecule has 0 amide bonds. The summed E-state index contributed by atoms with van der Waals surface area (Å²) in [6.07, 6.45) is -0.193. The van der Waals surface area contributed by atoms with E-state index in [1.54, 1.807) is 79.7 Å². The quantitative estimate of drug-likeness (QED) is 0.317. The summed E-state index contributed by atoms with van der Waals surface area (Å²) >= 11 is 5.98. The van der Waals surface area contributed by atoms with Gasteiger partial charge in [0, 0.05) is 21.7 Å². The summed E-state index contributed by atoms with van der Waals surface area (Å²) < 4.78 is 6.82. The monoisotopic (exact) mass is 505 g/mol. The molecule has 1 heterocycles. The molecule has 0 aliphatic carbocycles. The Labute approximate surface area is 212 Å². The lowest BCUT2D eigenvalue weighted by molar-refractivity contribution is -0.141. The van der Waals surface area contributed by atoms with Crippen LogP contribution in [0.25, 0.3) is 10.9 Å². The van der Waals surface area contributed by atoms with Crippen LogP contribution >= 0.6 is 11.6 Å². The van der Waals surface area contributed by atoms with E-state index < -0.39 is 23.8 Å². The van der Waals surface area contributed by atoms with E-state index >= 15 is 0 Å². The van der Waals surface area contributed by atoms with E-state index in [1.165, 1.54) is 11.7 Å². The number of hydrogen-bond donors (Lipinski definition) is 2. The number of hydrogen-bond acceptors (Lipinski definition) is 4. The second kappa shape index (κ2) is 10.3. The first-order chi connectivity index (χ1) is 17.2. The Morgan fingerprint density at radius 3 is 2.14 bits per heavy atom. The molecule has 0 radical (unpaired) electrons. The van der Waals surface area contributed by atoms with Crippen molar-refractivity contribution >= 4 is 40.3 Å². The lowest BCUT2D eigenvalue weighted by atomic mass is 9.84. The van der Waals surface area contributed by atoms with E-state index in [2.05, 4.69) is 0 Å². The number of methoxy groups -OCH3 is 1. The van der Waals surface area contributed by atoms with Crippen molar-refractivity contribution in [1.82, 2.24) is 4.57 Å². The van der Waals surface area contributed by atoms with Gasteiger partial charge in [-0.15, -0.1) is 0 Å². The van der Waals surface area contributed by atoms with E-state index in [4.69, 9.17) is 16.3 Å². The number of carbonyl (C=O) groups is 3. The Morgan fingerprint density at radius 2 is 1.56 bits per heavy atom. The SMILES string of the molecule is COc1ccc2c(c1)c(C(CC(C(=O)O)c1ccccc1)C(=O)O)c(C)n2C(=O)c1ccc(Cl)cc1. The third-order valence-electron chi connectivity index (χ3n) is 6.37. The first-order valence-corrected chi connectivity index (χ1v) is 11.6. The molecule has 0 saturated carbocycles. The van der Waals surface area contributed by atoms with E-state index in [-0.39, 0.29) is 12.3 Å². The Hall–Kier alpha value is -4.10. The highest BCUT2D eigenvalue weighted by Crippen LogP contribution is 2.39. The fourth-order valence-electron chi connectivity index (χ4n) is 4.61. The largest absolute Gasteiger partial charge is 0.497 e. The number of rotatable bonds is 8. The van der Waals surface area contributed by atoms with Gasteiger partial charge in [-0.3, -0.25) is 19.0 Å². The van der Waals surface area contributed by atoms with Crippen LogP contribution in [0.1, 0.15) is 45.4 Å². The molecule has 2 atom stereocenters. The summed E-state index contributed by atoms with van der Waals surface area (Å²) in [7, 11) is 1.49. The molecular formula is C28H24ClNO6. The van der Waals surface area contributed by atoms with Crippen LogP contribution in [-0.2, 0) is 9.59 Å². The molecule has 8 heteroatoms. The number of halogens is 1. The average Bonchev–Trinajstić information content (AvgIpc) is 3.15. The highest BCUT2D eigenvalue weighted by Gasteiger charge is 2.34. The molecule has 0 saturated heterocycles. The topological polar surface area (TPSA) is 106 Å². The first-order valence-electron chi connectivity index (χ1n) is 11.2. The van der Waals surface area contributed by atoms with Gasteiger partial charge in [-0.05, 0) is 66.9 Å². The fourth-order valence-corrected chi connectivity index (χ4v) is 4.74. The van der Waals surface area contributed by atoms with Crippen LogP contribution in [0.15, 0.2) is 72.8 Å². The Bertz CT molecular complexity index is 1440. The van der Waals surface area contributed by atoms with E-state index in [0.717, 1.165) is 0 Å². The second-order valence-electron chi connectivity index (χ2n) is 8.46. The van der Waals surface area contributed by atoms with Crippen LogP contribution in [0.2, 0.25) is 5.02 Å². The highest BCUT2D eigenvalue weighted by atomic mass is 35.5. The number of ether oxygens (including phenoxy) is 1. The van der Waals surface area contributed by atoms with Crippen LogP contribution in [0, 0.1) is 6.92 Å². The smallest absolute Gasteiger partial charge is 0.311 e. The van der Waals surface area contributed by atoms with Crippen molar-refractivity contribution < 1.29 is 29.3 Å². The predicted molar refractivity (Wildman–Crippen MR) is 136 cm³/mol. The number of aliphatic carboxylic acids is 2. The second-order valence-corrected chi connectivity index (χ2v) is 8.89. The zero-order valence-electron chi connectivity index (χ0n) is 19.6. The summed E-state index contributed by atoms with van der Waals surface area (Å²) in [5.41, 5.74) is 2.18. The molecule has 4 rings (SSSR count). The molecule has 2 N–H and O–H groups in total. The van der Waals surface area contributed by atoms with Crippen LogP contribution < -0.4 is 4.74 Å². The zero-order valence-corrected chi connectivity index (χ0v) is 20.4. The molecule has 0 fully saturated rings. The number of nitrogens with zero attached hydrogens (tertiary/aromatic N) is 1. The third-order valence-corrected chi connectivity index (χ3v) is 6.62. The van der Waals surface area contributed by atoms with Gasteiger partial charge in [-0.1, -0.05) is 41.9 Å². The number of carboxylic acids is 2. The molecule has 3 aromatic carbocycles. The molecule has 36 heavy (non-hydrogen) atoms. The minimum atomic E-state index is -1.19. The Kier molecular flexibility index (Phi) is 7.12. The summed E-state index contributed by atoms with van der Waals surface area (Å²) in [4.78, 5) is 38.3. The van der Waals surface area contributed by atoms with E-state index in [9.17, 15) is 24.6 Å². The van der Waals surface area contributed by atoms with Crippen molar-refractivity contribution in [3.8, 4) is 5.75 Å². The first kappa shape index (κ1) is 25.0. The molecule has 1 aromatic heterocycles. The van der Waals surface area contributed by atoms with Gasteiger partial charge in [0.1, 0.15) is 5.75 Å². The normalized spacial score (nSPS) is 12.8. The predicted octanol–water partition coefficient (Wildman–Crippen LogP) is 5.73. The van der Waals surface area contributed by atoms with Crippen molar-refractivity contribution in [3.05, 3.63) is 100 Å².